The fraction of sp³-hybridized carbons (Fsp3) is 0.583. The summed E-state index contributed by atoms with van der Waals surface area (Å²) >= 11 is 5.42. The molecule has 7 heteroatoms. The SMILES string of the molecule is BrCC1CN=C(N2CCN(c3ncccn3)CC2)S1. The van der Waals surface area contributed by atoms with Gasteiger partial charge in [-0.05, 0) is 6.07 Å². The normalized spacial score (nSPS) is 23.6. The highest BCUT2D eigenvalue weighted by Crippen LogP contribution is 2.25. The summed E-state index contributed by atoms with van der Waals surface area (Å²) in [6.07, 6.45) is 3.60. The first-order chi connectivity index (χ1) is 9.36. The van der Waals surface area contributed by atoms with E-state index in [-0.39, 0.29) is 0 Å². The van der Waals surface area contributed by atoms with Gasteiger partial charge in [0.15, 0.2) is 5.17 Å². The van der Waals surface area contributed by atoms with E-state index in [0.29, 0.717) is 5.25 Å². The minimum Gasteiger partial charge on any atom is -0.348 e. The molecule has 1 saturated heterocycles. The average Bonchev–Trinajstić information content (AvgIpc) is 2.97. The van der Waals surface area contributed by atoms with Gasteiger partial charge < -0.3 is 9.80 Å². The van der Waals surface area contributed by atoms with E-state index < -0.39 is 0 Å². The molecule has 1 fully saturated rings. The quantitative estimate of drug-likeness (QED) is 0.762. The van der Waals surface area contributed by atoms with E-state index in [1.807, 2.05) is 17.8 Å². The first kappa shape index (κ1) is 13.2. The van der Waals surface area contributed by atoms with Gasteiger partial charge in [-0.15, -0.1) is 0 Å². The van der Waals surface area contributed by atoms with E-state index in [0.717, 1.165) is 44.0 Å². The van der Waals surface area contributed by atoms with E-state index >= 15 is 0 Å². The van der Waals surface area contributed by atoms with Crippen LogP contribution >= 0.6 is 27.7 Å². The van der Waals surface area contributed by atoms with Crippen LogP contribution in [0.25, 0.3) is 0 Å². The van der Waals surface area contributed by atoms with Crippen molar-refractivity contribution in [3.8, 4) is 0 Å². The van der Waals surface area contributed by atoms with E-state index in [2.05, 4.69) is 40.7 Å². The molecule has 0 aromatic carbocycles. The van der Waals surface area contributed by atoms with E-state index in [1.54, 1.807) is 12.4 Å². The fourth-order valence-electron chi connectivity index (χ4n) is 2.21. The maximum atomic E-state index is 4.64. The Labute approximate surface area is 125 Å². The third-order valence-corrected chi connectivity index (χ3v) is 5.72. The van der Waals surface area contributed by atoms with Crippen molar-refractivity contribution in [2.24, 2.45) is 4.99 Å². The van der Waals surface area contributed by atoms with Crippen LogP contribution < -0.4 is 4.90 Å². The number of hydrogen-bond donors (Lipinski definition) is 0. The second kappa shape index (κ2) is 6.09. The summed E-state index contributed by atoms with van der Waals surface area (Å²) in [4.78, 5) is 17.9. The Hall–Kier alpha value is -0.820. The molecule has 0 aliphatic carbocycles. The minimum atomic E-state index is 0.602. The maximum Gasteiger partial charge on any atom is 0.225 e. The van der Waals surface area contributed by atoms with Gasteiger partial charge in [0, 0.05) is 49.2 Å². The zero-order chi connectivity index (χ0) is 13.1. The van der Waals surface area contributed by atoms with E-state index in [4.69, 9.17) is 0 Å². The summed E-state index contributed by atoms with van der Waals surface area (Å²) in [5.74, 6) is 0.835. The van der Waals surface area contributed by atoms with Crippen LogP contribution in [-0.2, 0) is 0 Å². The zero-order valence-electron chi connectivity index (χ0n) is 10.6. The molecule has 2 aliphatic heterocycles. The average molecular weight is 342 g/mol. The van der Waals surface area contributed by atoms with Gasteiger partial charge in [-0.1, -0.05) is 27.7 Å². The number of hydrogen-bond acceptors (Lipinski definition) is 6. The van der Waals surface area contributed by atoms with Gasteiger partial charge in [-0.2, -0.15) is 0 Å². The lowest BCUT2D eigenvalue weighted by atomic mass is 10.3. The highest BCUT2D eigenvalue weighted by Gasteiger charge is 2.26. The summed E-state index contributed by atoms with van der Waals surface area (Å²) in [5, 5.41) is 2.83. The largest absolute Gasteiger partial charge is 0.348 e. The van der Waals surface area contributed by atoms with E-state index in [1.165, 1.54) is 5.17 Å². The van der Waals surface area contributed by atoms with Crippen molar-refractivity contribution >= 4 is 38.8 Å². The molecule has 0 radical (unpaired) electrons. The molecule has 0 spiro atoms. The van der Waals surface area contributed by atoms with Crippen molar-refractivity contribution in [2.75, 3.05) is 43.0 Å². The predicted octanol–water partition coefficient (Wildman–Crippen LogP) is 1.46. The first-order valence-electron chi connectivity index (χ1n) is 6.41. The number of thioether (sulfide) groups is 1. The van der Waals surface area contributed by atoms with Gasteiger partial charge in [-0.25, -0.2) is 9.97 Å². The number of nitrogens with zero attached hydrogens (tertiary/aromatic N) is 5. The van der Waals surface area contributed by atoms with Crippen molar-refractivity contribution < 1.29 is 0 Å². The summed E-state index contributed by atoms with van der Waals surface area (Å²) in [6, 6.07) is 1.85. The molecule has 102 valence electrons. The van der Waals surface area contributed by atoms with Crippen LogP contribution in [0.2, 0.25) is 0 Å². The summed E-state index contributed by atoms with van der Waals surface area (Å²) in [7, 11) is 0. The number of aliphatic imine (C=N–C) groups is 1. The molecule has 2 aliphatic rings. The van der Waals surface area contributed by atoms with Gasteiger partial charge in [0.25, 0.3) is 0 Å². The van der Waals surface area contributed by atoms with Crippen molar-refractivity contribution in [1.29, 1.82) is 0 Å². The Balaban J connectivity index is 1.56. The third-order valence-electron chi connectivity index (χ3n) is 3.26. The number of halogens is 1. The summed E-state index contributed by atoms with van der Waals surface area (Å²) in [6.45, 7) is 4.86. The number of piperazine rings is 1. The molecule has 1 unspecified atom stereocenters. The lowest BCUT2D eigenvalue weighted by molar-refractivity contribution is 0.389. The molecule has 0 saturated carbocycles. The molecular formula is C12H16BrN5S. The van der Waals surface area contributed by atoms with Gasteiger partial charge in [-0.3, -0.25) is 4.99 Å². The molecule has 1 atom stereocenters. The van der Waals surface area contributed by atoms with Crippen LogP contribution in [0, 0.1) is 0 Å². The van der Waals surface area contributed by atoms with Crippen molar-refractivity contribution in [3.63, 3.8) is 0 Å². The maximum absolute atomic E-state index is 4.64. The molecule has 0 N–H and O–H groups in total. The molecular weight excluding hydrogens is 326 g/mol. The molecule has 0 amide bonds. The molecule has 3 heterocycles. The third kappa shape index (κ3) is 3.02. The Kier molecular flexibility index (Phi) is 4.22. The standard InChI is InChI=1S/C12H16BrN5S/c13-8-10-9-16-12(19-10)18-6-4-17(5-7-18)11-14-2-1-3-15-11/h1-3,10H,4-9H2. The van der Waals surface area contributed by atoms with Gasteiger partial charge in [0.2, 0.25) is 5.95 Å². The molecule has 5 nitrogen and oxygen atoms in total. The number of alkyl halides is 1. The fourth-order valence-corrected chi connectivity index (χ4v) is 3.80. The highest BCUT2D eigenvalue weighted by molar-refractivity contribution is 9.09. The molecule has 0 bridgehead atoms. The van der Waals surface area contributed by atoms with Crippen LogP contribution in [0.3, 0.4) is 0 Å². The Morgan fingerprint density at radius 3 is 2.47 bits per heavy atom. The van der Waals surface area contributed by atoms with Crippen LogP contribution in [-0.4, -0.2) is 63.3 Å². The van der Waals surface area contributed by atoms with Gasteiger partial charge in [0.1, 0.15) is 0 Å². The van der Waals surface area contributed by atoms with Crippen LogP contribution in [0.4, 0.5) is 5.95 Å². The van der Waals surface area contributed by atoms with Crippen LogP contribution in [0.5, 0.6) is 0 Å². The topological polar surface area (TPSA) is 44.6 Å². The number of amidine groups is 1. The number of aromatic nitrogens is 2. The lowest BCUT2D eigenvalue weighted by Crippen LogP contribution is -2.48. The predicted molar refractivity (Wildman–Crippen MR) is 83.3 cm³/mol. The Bertz CT molecular complexity index is 447. The monoisotopic (exact) mass is 341 g/mol. The van der Waals surface area contributed by atoms with Crippen molar-refractivity contribution in [1.82, 2.24) is 14.9 Å². The van der Waals surface area contributed by atoms with Crippen molar-refractivity contribution in [2.45, 2.75) is 5.25 Å². The van der Waals surface area contributed by atoms with Gasteiger partial charge >= 0.3 is 0 Å². The minimum absolute atomic E-state index is 0.602. The highest BCUT2D eigenvalue weighted by atomic mass is 79.9. The summed E-state index contributed by atoms with van der Waals surface area (Å²) in [5.41, 5.74) is 0. The Morgan fingerprint density at radius 1 is 1.16 bits per heavy atom. The summed E-state index contributed by atoms with van der Waals surface area (Å²) < 4.78 is 0. The van der Waals surface area contributed by atoms with Crippen LogP contribution in [0.1, 0.15) is 0 Å². The second-order valence-corrected chi connectivity index (χ2v) is 6.46. The van der Waals surface area contributed by atoms with Crippen molar-refractivity contribution in [3.05, 3.63) is 18.5 Å². The molecule has 1 aromatic heterocycles. The van der Waals surface area contributed by atoms with E-state index in [9.17, 15) is 0 Å². The molecule has 19 heavy (non-hydrogen) atoms. The molecule has 3 rings (SSSR count). The number of rotatable bonds is 2. The first-order valence-corrected chi connectivity index (χ1v) is 8.41. The second-order valence-electron chi connectivity index (χ2n) is 4.54. The van der Waals surface area contributed by atoms with Crippen LogP contribution in [0.15, 0.2) is 23.5 Å². The molecule has 1 aromatic rings. The Morgan fingerprint density at radius 2 is 1.84 bits per heavy atom. The number of anilines is 1. The lowest BCUT2D eigenvalue weighted by Gasteiger charge is -2.35. The van der Waals surface area contributed by atoms with Gasteiger partial charge in [0.05, 0.1) is 6.54 Å². The smallest absolute Gasteiger partial charge is 0.225 e. The zero-order valence-corrected chi connectivity index (χ0v) is 13.0.